The van der Waals surface area contributed by atoms with Crippen molar-refractivity contribution in [3.63, 3.8) is 0 Å². The topological polar surface area (TPSA) is 35.5 Å². The maximum absolute atomic E-state index is 12.0. The Bertz CT molecular complexity index is 412. The highest BCUT2D eigenvalue weighted by atomic mass is 16.5. The van der Waals surface area contributed by atoms with Gasteiger partial charge in [0.1, 0.15) is 17.6 Å². The summed E-state index contributed by atoms with van der Waals surface area (Å²) in [7, 11) is 1.60. The van der Waals surface area contributed by atoms with Gasteiger partial charge in [0.25, 0.3) is 0 Å². The fourth-order valence-corrected chi connectivity index (χ4v) is 2.09. The lowest BCUT2D eigenvalue weighted by Crippen LogP contribution is -2.26. The molecule has 0 amide bonds. The Morgan fingerprint density at radius 3 is 3.00 bits per heavy atom. The van der Waals surface area contributed by atoms with Crippen LogP contribution in [-0.4, -0.2) is 19.0 Å². The Kier molecular flexibility index (Phi) is 3.67. The van der Waals surface area contributed by atoms with Crippen LogP contribution in [0.1, 0.15) is 43.0 Å². The number of unbranched alkanes of at least 4 members (excludes halogenated alkanes) is 1. The molecule has 92 valence electrons. The third-order valence-corrected chi connectivity index (χ3v) is 3.07. The zero-order chi connectivity index (χ0) is 12.3. The highest BCUT2D eigenvalue weighted by Crippen LogP contribution is 2.32. The molecule has 1 heterocycles. The summed E-state index contributed by atoms with van der Waals surface area (Å²) in [5.41, 5.74) is 0.650. The quantitative estimate of drug-likeness (QED) is 0.802. The van der Waals surface area contributed by atoms with Crippen molar-refractivity contribution >= 4 is 5.78 Å². The van der Waals surface area contributed by atoms with E-state index in [4.69, 9.17) is 9.47 Å². The molecule has 1 aliphatic rings. The van der Waals surface area contributed by atoms with Crippen LogP contribution in [0.2, 0.25) is 0 Å². The number of hydrogen-bond donors (Lipinski definition) is 0. The fraction of sp³-hybridized carbons (Fsp3) is 0.500. The van der Waals surface area contributed by atoms with E-state index in [1.807, 2.05) is 12.1 Å². The molecule has 17 heavy (non-hydrogen) atoms. The number of fused-ring (bicyclic) bond motifs is 1. The minimum Gasteiger partial charge on any atom is -0.497 e. The molecule has 0 radical (unpaired) electrons. The van der Waals surface area contributed by atoms with Gasteiger partial charge in [-0.15, -0.1) is 0 Å². The molecule has 0 saturated carbocycles. The van der Waals surface area contributed by atoms with Gasteiger partial charge in [-0.05, 0) is 24.6 Å². The number of hydrogen-bond acceptors (Lipinski definition) is 3. The monoisotopic (exact) mass is 234 g/mol. The number of ether oxygens (including phenoxy) is 2. The summed E-state index contributed by atoms with van der Waals surface area (Å²) in [5, 5.41) is 0. The first-order valence-electron chi connectivity index (χ1n) is 6.12. The number of ketones is 1. The summed E-state index contributed by atoms with van der Waals surface area (Å²) < 4.78 is 10.9. The molecule has 1 atom stereocenters. The molecule has 0 bridgehead atoms. The number of carbonyl (C=O) groups excluding carboxylic acids is 1. The van der Waals surface area contributed by atoms with Gasteiger partial charge in [-0.2, -0.15) is 0 Å². The first-order valence-corrected chi connectivity index (χ1v) is 6.12. The maximum atomic E-state index is 12.0. The molecule has 1 aromatic carbocycles. The van der Waals surface area contributed by atoms with Crippen molar-refractivity contribution in [2.45, 2.75) is 38.7 Å². The van der Waals surface area contributed by atoms with E-state index in [0.717, 1.165) is 19.3 Å². The molecule has 0 fully saturated rings. The standard InChI is InChI=1S/C14H18O3/c1-3-4-5-11-9-13(15)12-8-10(16-2)6-7-14(12)17-11/h6-8,11H,3-5,9H2,1-2H3. The predicted octanol–water partition coefficient (Wildman–Crippen LogP) is 3.22. The van der Waals surface area contributed by atoms with E-state index in [-0.39, 0.29) is 11.9 Å². The van der Waals surface area contributed by atoms with Crippen LogP contribution in [0, 0.1) is 0 Å². The first kappa shape index (κ1) is 12.0. The van der Waals surface area contributed by atoms with Crippen molar-refractivity contribution in [2.75, 3.05) is 7.11 Å². The molecule has 2 rings (SSSR count). The Hall–Kier alpha value is -1.51. The van der Waals surface area contributed by atoms with E-state index in [9.17, 15) is 4.79 Å². The summed E-state index contributed by atoms with van der Waals surface area (Å²) >= 11 is 0. The highest BCUT2D eigenvalue weighted by Gasteiger charge is 2.26. The Morgan fingerprint density at radius 1 is 1.47 bits per heavy atom. The van der Waals surface area contributed by atoms with Gasteiger partial charge in [0, 0.05) is 6.42 Å². The van der Waals surface area contributed by atoms with E-state index in [1.165, 1.54) is 0 Å². The van der Waals surface area contributed by atoms with E-state index in [0.29, 0.717) is 23.5 Å². The van der Waals surface area contributed by atoms with Gasteiger partial charge < -0.3 is 9.47 Å². The van der Waals surface area contributed by atoms with Gasteiger partial charge in [-0.3, -0.25) is 4.79 Å². The number of carbonyl (C=O) groups is 1. The number of benzene rings is 1. The molecule has 1 aromatic rings. The number of Topliss-reactive ketones (excluding diaryl/α,β-unsaturated/α-hetero) is 1. The van der Waals surface area contributed by atoms with Crippen LogP contribution in [0.15, 0.2) is 18.2 Å². The Labute approximate surface area is 102 Å². The Balaban J connectivity index is 2.17. The second-order valence-electron chi connectivity index (χ2n) is 4.37. The van der Waals surface area contributed by atoms with Crippen LogP contribution in [0.25, 0.3) is 0 Å². The molecule has 1 aliphatic heterocycles. The molecule has 3 heteroatoms. The van der Waals surface area contributed by atoms with Crippen molar-refractivity contribution in [3.05, 3.63) is 23.8 Å². The summed E-state index contributed by atoms with van der Waals surface area (Å²) in [6, 6.07) is 5.41. The van der Waals surface area contributed by atoms with Crippen LogP contribution in [0.4, 0.5) is 0 Å². The molecule has 0 aromatic heterocycles. The number of rotatable bonds is 4. The SMILES string of the molecule is CCCCC1CC(=O)c2cc(OC)ccc2O1. The molecule has 0 aliphatic carbocycles. The maximum Gasteiger partial charge on any atom is 0.170 e. The summed E-state index contributed by atoms with van der Waals surface area (Å²) in [4.78, 5) is 12.0. The lowest BCUT2D eigenvalue weighted by molar-refractivity contribution is 0.0835. The minimum absolute atomic E-state index is 0.0448. The average Bonchev–Trinajstić information content (AvgIpc) is 2.36. The molecule has 0 saturated heterocycles. The number of methoxy groups -OCH3 is 1. The van der Waals surface area contributed by atoms with E-state index in [2.05, 4.69) is 6.92 Å². The van der Waals surface area contributed by atoms with Crippen molar-refractivity contribution < 1.29 is 14.3 Å². The smallest absolute Gasteiger partial charge is 0.170 e. The van der Waals surface area contributed by atoms with Crippen LogP contribution in [0.5, 0.6) is 11.5 Å². The van der Waals surface area contributed by atoms with Crippen molar-refractivity contribution in [1.29, 1.82) is 0 Å². The van der Waals surface area contributed by atoms with Crippen LogP contribution in [0.3, 0.4) is 0 Å². The molecule has 0 N–H and O–H groups in total. The second kappa shape index (κ2) is 5.21. The second-order valence-corrected chi connectivity index (χ2v) is 4.37. The zero-order valence-corrected chi connectivity index (χ0v) is 10.4. The van der Waals surface area contributed by atoms with Gasteiger partial charge in [0.2, 0.25) is 0 Å². The molecular formula is C14H18O3. The largest absolute Gasteiger partial charge is 0.497 e. The van der Waals surface area contributed by atoms with E-state index in [1.54, 1.807) is 13.2 Å². The van der Waals surface area contributed by atoms with E-state index >= 15 is 0 Å². The Morgan fingerprint density at radius 2 is 2.29 bits per heavy atom. The van der Waals surface area contributed by atoms with Gasteiger partial charge in [-0.25, -0.2) is 0 Å². The average molecular weight is 234 g/mol. The van der Waals surface area contributed by atoms with Crippen LogP contribution < -0.4 is 9.47 Å². The molecule has 1 unspecified atom stereocenters. The van der Waals surface area contributed by atoms with Crippen molar-refractivity contribution in [2.24, 2.45) is 0 Å². The normalized spacial score (nSPS) is 18.5. The predicted molar refractivity (Wildman–Crippen MR) is 65.9 cm³/mol. The van der Waals surface area contributed by atoms with Gasteiger partial charge in [0.15, 0.2) is 5.78 Å². The van der Waals surface area contributed by atoms with Crippen LogP contribution in [-0.2, 0) is 0 Å². The minimum atomic E-state index is 0.0448. The van der Waals surface area contributed by atoms with Crippen LogP contribution >= 0.6 is 0 Å². The zero-order valence-electron chi connectivity index (χ0n) is 10.4. The lowest BCUT2D eigenvalue weighted by atomic mass is 9.97. The van der Waals surface area contributed by atoms with Gasteiger partial charge >= 0.3 is 0 Å². The highest BCUT2D eigenvalue weighted by molar-refractivity contribution is 6.00. The third kappa shape index (κ3) is 2.60. The summed E-state index contributed by atoms with van der Waals surface area (Å²) in [6.07, 6.45) is 3.71. The van der Waals surface area contributed by atoms with Crippen molar-refractivity contribution in [3.8, 4) is 11.5 Å². The lowest BCUT2D eigenvalue weighted by Gasteiger charge is -2.25. The molecule has 3 nitrogen and oxygen atoms in total. The molecule has 0 spiro atoms. The summed E-state index contributed by atoms with van der Waals surface area (Å²) in [6.45, 7) is 2.14. The van der Waals surface area contributed by atoms with Gasteiger partial charge in [0.05, 0.1) is 12.7 Å². The first-order chi connectivity index (χ1) is 8.24. The summed E-state index contributed by atoms with van der Waals surface area (Å²) in [5.74, 6) is 1.56. The van der Waals surface area contributed by atoms with Crippen molar-refractivity contribution in [1.82, 2.24) is 0 Å². The van der Waals surface area contributed by atoms with Gasteiger partial charge in [-0.1, -0.05) is 19.8 Å². The fourth-order valence-electron chi connectivity index (χ4n) is 2.09. The molecular weight excluding hydrogens is 216 g/mol. The van der Waals surface area contributed by atoms with E-state index < -0.39 is 0 Å². The third-order valence-electron chi connectivity index (χ3n) is 3.07.